The fourth-order valence-corrected chi connectivity index (χ4v) is 11.1. The number of rotatable bonds is 4. The SMILES string of the molecule is Cc1[nH]c(Cc2[nH]c(C)c3c2[C@@H]2C=C[C@H]3CC2)c2c1C1CCC2c2c(Cc3[nH]c(C)c4c3[C@H]3C=C[C@@H]4CC3)[nH]c(C)c21. The normalized spacial score (nSPS) is 28.9. The van der Waals surface area contributed by atoms with Crippen molar-refractivity contribution in [2.24, 2.45) is 0 Å². The van der Waals surface area contributed by atoms with E-state index in [-0.39, 0.29) is 0 Å². The Hall–Kier alpha value is -3.40. The Kier molecular flexibility index (Phi) is 4.68. The van der Waals surface area contributed by atoms with Gasteiger partial charge in [-0.1, -0.05) is 24.3 Å². The number of aromatic nitrogens is 4. The number of aryl methyl sites for hydroxylation is 4. The van der Waals surface area contributed by atoms with Gasteiger partial charge >= 0.3 is 0 Å². The quantitative estimate of drug-likeness (QED) is 0.182. The number of H-pyrrole nitrogens is 4. The molecule has 0 saturated carbocycles. The summed E-state index contributed by atoms with van der Waals surface area (Å²) in [5.74, 6) is 3.44. The second-order valence-electron chi connectivity index (χ2n) is 14.6. The van der Waals surface area contributed by atoms with Crippen molar-refractivity contribution in [1.29, 1.82) is 0 Å². The first-order valence-corrected chi connectivity index (χ1v) is 16.7. The van der Waals surface area contributed by atoms with E-state index in [4.69, 9.17) is 0 Å². The first-order chi connectivity index (χ1) is 20.5. The Morgan fingerprint density at radius 1 is 0.405 bits per heavy atom. The summed E-state index contributed by atoms with van der Waals surface area (Å²) in [6.45, 7) is 9.28. The minimum atomic E-state index is 0.492. The number of nitrogens with one attached hydrogen (secondary N) is 4. The van der Waals surface area contributed by atoms with Crippen LogP contribution in [0.15, 0.2) is 24.3 Å². The highest BCUT2D eigenvalue weighted by molar-refractivity contribution is 5.63. The molecule has 4 heterocycles. The van der Waals surface area contributed by atoms with E-state index in [0.717, 1.165) is 12.8 Å². The van der Waals surface area contributed by atoms with Crippen LogP contribution < -0.4 is 0 Å². The lowest BCUT2D eigenvalue weighted by Crippen LogP contribution is -2.25. The maximum atomic E-state index is 3.98. The van der Waals surface area contributed by atoms with Crippen LogP contribution in [0.25, 0.3) is 0 Å². The zero-order valence-electron chi connectivity index (χ0n) is 25.4. The average molecular weight is 555 g/mol. The molecule has 0 radical (unpaired) electrons. The molecule has 9 aliphatic carbocycles. The molecular formula is C38H42N4. The van der Waals surface area contributed by atoms with Crippen LogP contribution in [0.5, 0.6) is 0 Å². The average Bonchev–Trinajstić information content (AvgIpc) is 3.75. The maximum absolute atomic E-state index is 3.98. The van der Waals surface area contributed by atoms with Gasteiger partial charge < -0.3 is 19.9 Å². The van der Waals surface area contributed by atoms with Gasteiger partial charge in [-0.2, -0.15) is 0 Å². The maximum Gasteiger partial charge on any atom is 0.0284 e. The van der Waals surface area contributed by atoms with Gasteiger partial charge in [0.15, 0.2) is 0 Å². The molecule has 6 bridgehead atoms. The summed E-state index contributed by atoms with van der Waals surface area (Å²) >= 11 is 0. The Balaban J connectivity index is 1.06. The van der Waals surface area contributed by atoms with Crippen LogP contribution in [0.4, 0.5) is 0 Å². The van der Waals surface area contributed by atoms with Crippen LogP contribution in [0.2, 0.25) is 0 Å². The van der Waals surface area contributed by atoms with E-state index in [1.807, 2.05) is 0 Å². The largest absolute Gasteiger partial charge is 0.362 e. The molecule has 4 aromatic rings. The van der Waals surface area contributed by atoms with Crippen molar-refractivity contribution in [3.8, 4) is 0 Å². The molecule has 0 fully saturated rings. The summed E-state index contributed by atoms with van der Waals surface area (Å²) in [5.41, 5.74) is 24.5. The highest BCUT2D eigenvalue weighted by Gasteiger charge is 2.45. The summed E-state index contributed by atoms with van der Waals surface area (Å²) in [6.07, 6.45) is 19.7. The van der Waals surface area contributed by atoms with Crippen molar-refractivity contribution in [3.05, 3.63) is 114 Å². The van der Waals surface area contributed by atoms with Gasteiger partial charge in [-0.25, -0.2) is 0 Å². The van der Waals surface area contributed by atoms with Gasteiger partial charge in [0.1, 0.15) is 0 Å². The lowest BCUT2D eigenvalue weighted by Gasteiger charge is -2.39. The molecule has 0 aromatic carbocycles. The monoisotopic (exact) mass is 554 g/mol. The molecular weight excluding hydrogens is 512 g/mol. The topological polar surface area (TPSA) is 63.2 Å². The molecule has 4 N–H and O–H groups in total. The molecule has 214 valence electrons. The summed E-state index contributed by atoms with van der Waals surface area (Å²) in [5, 5.41) is 0. The van der Waals surface area contributed by atoms with Crippen molar-refractivity contribution in [3.63, 3.8) is 0 Å². The Morgan fingerprint density at radius 2 is 0.714 bits per heavy atom. The van der Waals surface area contributed by atoms with Gasteiger partial charge in [-0.05, 0) is 111 Å². The van der Waals surface area contributed by atoms with Crippen molar-refractivity contribution in [2.45, 2.75) is 115 Å². The third-order valence-corrected chi connectivity index (χ3v) is 12.5. The van der Waals surface area contributed by atoms with Crippen molar-refractivity contribution in [1.82, 2.24) is 19.9 Å². The molecule has 13 rings (SSSR count). The second kappa shape index (κ2) is 8.15. The lowest BCUT2D eigenvalue weighted by molar-refractivity contribution is 0.517. The number of hydrogen-bond donors (Lipinski definition) is 4. The van der Waals surface area contributed by atoms with Gasteiger partial charge in [0.2, 0.25) is 0 Å². The number of aromatic amines is 4. The Bertz CT molecular complexity index is 1740. The van der Waals surface area contributed by atoms with Crippen LogP contribution in [-0.2, 0) is 12.8 Å². The molecule has 6 atom stereocenters. The first-order valence-electron chi connectivity index (χ1n) is 16.7. The fraction of sp³-hybridized carbons (Fsp3) is 0.474. The van der Waals surface area contributed by atoms with Crippen molar-refractivity contribution in [2.75, 3.05) is 0 Å². The van der Waals surface area contributed by atoms with Gasteiger partial charge in [-0.15, -0.1) is 0 Å². The van der Waals surface area contributed by atoms with Crippen LogP contribution in [0.3, 0.4) is 0 Å². The summed E-state index contributed by atoms with van der Waals surface area (Å²) in [4.78, 5) is 15.8. The van der Waals surface area contributed by atoms with E-state index < -0.39 is 0 Å². The van der Waals surface area contributed by atoms with Crippen LogP contribution >= 0.6 is 0 Å². The van der Waals surface area contributed by atoms with E-state index in [1.165, 1.54) is 84.1 Å². The van der Waals surface area contributed by atoms with Crippen molar-refractivity contribution < 1.29 is 0 Å². The molecule has 0 aliphatic heterocycles. The predicted octanol–water partition coefficient (Wildman–Crippen LogP) is 8.85. The molecule has 4 nitrogen and oxygen atoms in total. The van der Waals surface area contributed by atoms with Crippen LogP contribution in [0.1, 0.15) is 164 Å². The van der Waals surface area contributed by atoms with Gasteiger partial charge in [0.05, 0.1) is 0 Å². The summed E-state index contributed by atoms with van der Waals surface area (Å²) in [6, 6.07) is 0. The predicted molar refractivity (Wildman–Crippen MR) is 168 cm³/mol. The number of allylic oxidation sites excluding steroid dienone is 4. The van der Waals surface area contributed by atoms with Gasteiger partial charge in [0, 0.05) is 93.9 Å². The van der Waals surface area contributed by atoms with E-state index in [1.54, 1.807) is 44.5 Å². The first kappa shape index (κ1) is 24.1. The second-order valence-corrected chi connectivity index (χ2v) is 14.6. The molecule has 9 aliphatic rings. The molecule has 4 heteroatoms. The summed E-state index contributed by atoms with van der Waals surface area (Å²) < 4.78 is 0. The third-order valence-electron chi connectivity index (χ3n) is 12.5. The van der Waals surface area contributed by atoms with E-state index in [2.05, 4.69) is 71.9 Å². The molecule has 0 spiro atoms. The van der Waals surface area contributed by atoms with Gasteiger partial charge in [0.25, 0.3) is 0 Å². The lowest BCUT2D eigenvalue weighted by atomic mass is 9.63. The highest BCUT2D eigenvalue weighted by Crippen LogP contribution is 2.58. The zero-order valence-corrected chi connectivity index (χ0v) is 25.4. The van der Waals surface area contributed by atoms with Crippen LogP contribution in [-0.4, -0.2) is 19.9 Å². The summed E-state index contributed by atoms with van der Waals surface area (Å²) in [7, 11) is 0. The minimum absolute atomic E-state index is 0.492. The standard InChI is InChI=1S/C38H42N4/c1-17-31-21-5-9-23(10-6-21)35(31)27(39-17)15-29-37-26-14-13-25(33(37)19(3)41-29)34-20(4)42-30(38(26)34)16-28-36-24-11-7-22(8-12-24)32(36)18(2)40-28/h5,7,9,11,21-26,39-42H,6,8,10,12-16H2,1-4H3/t21-,22+,23+,24-,25?,26?. The van der Waals surface area contributed by atoms with E-state index in [0.29, 0.717) is 35.5 Å². The number of fused-ring (bicyclic) bond motifs is 3. The smallest absolute Gasteiger partial charge is 0.0284 e. The Morgan fingerprint density at radius 3 is 1.10 bits per heavy atom. The molecule has 0 saturated heterocycles. The third kappa shape index (κ3) is 2.94. The highest BCUT2D eigenvalue weighted by atomic mass is 14.8. The zero-order chi connectivity index (χ0) is 28.0. The molecule has 42 heavy (non-hydrogen) atoms. The molecule has 4 aromatic heterocycles. The molecule has 2 unspecified atom stereocenters. The number of hydrogen-bond acceptors (Lipinski definition) is 0. The minimum Gasteiger partial charge on any atom is -0.362 e. The van der Waals surface area contributed by atoms with Crippen LogP contribution in [0, 0.1) is 27.7 Å². The Labute approximate surface area is 248 Å². The van der Waals surface area contributed by atoms with Gasteiger partial charge in [-0.3, -0.25) is 0 Å². The fourth-order valence-electron chi connectivity index (χ4n) is 11.1. The van der Waals surface area contributed by atoms with E-state index in [9.17, 15) is 0 Å². The van der Waals surface area contributed by atoms with Crippen molar-refractivity contribution >= 4 is 0 Å². The van der Waals surface area contributed by atoms with E-state index >= 15 is 0 Å². The molecule has 0 amide bonds.